The van der Waals surface area contributed by atoms with Crippen molar-refractivity contribution in [3.8, 4) is 11.3 Å². The first-order valence-corrected chi connectivity index (χ1v) is 9.30. The minimum Gasteiger partial charge on any atom is -0.348 e. The standard InChI is InChI=1S/C19H19ClN6O/c20-14-1-6-18(22-10-14)19(27)25-15-2-4-16(5-3-15)26-11-13(9-24-26)17-7-8-21-12-23-17/h1,6-12,15-16H,2-5H2,(H,25,27). The summed E-state index contributed by atoms with van der Waals surface area (Å²) in [5, 5.41) is 8.09. The number of halogens is 1. The van der Waals surface area contributed by atoms with Crippen LogP contribution in [0.4, 0.5) is 0 Å². The van der Waals surface area contributed by atoms with Gasteiger partial charge in [0.05, 0.1) is 23.0 Å². The lowest BCUT2D eigenvalue weighted by Gasteiger charge is -2.29. The van der Waals surface area contributed by atoms with Crippen LogP contribution in [-0.2, 0) is 0 Å². The summed E-state index contributed by atoms with van der Waals surface area (Å²) in [4.78, 5) is 24.6. The Bertz CT molecular complexity index is 903. The molecule has 138 valence electrons. The smallest absolute Gasteiger partial charge is 0.270 e. The highest BCUT2D eigenvalue weighted by atomic mass is 35.5. The molecule has 3 aromatic heterocycles. The molecule has 0 atom stereocenters. The van der Waals surface area contributed by atoms with Crippen LogP contribution in [0.5, 0.6) is 0 Å². The summed E-state index contributed by atoms with van der Waals surface area (Å²) in [6.07, 6.45) is 12.4. The molecule has 0 unspecified atom stereocenters. The fraction of sp³-hybridized carbons (Fsp3) is 0.316. The maximum absolute atomic E-state index is 12.3. The molecule has 8 heteroatoms. The number of hydrogen-bond acceptors (Lipinski definition) is 5. The molecule has 1 aliphatic rings. The molecule has 0 aromatic carbocycles. The fourth-order valence-electron chi connectivity index (χ4n) is 3.39. The van der Waals surface area contributed by atoms with Gasteiger partial charge < -0.3 is 5.32 Å². The van der Waals surface area contributed by atoms with Crippen LogP contribution in [0.15, 0.2) is 49.3 Å². The maximum atomic E-state index is 12.3. The Kier molecular flexibility index (Phi) is 5.11. The number of rotatable bonds is 4. The zero-order valence-corrected chi connectivity index (χ0v) is 15.4. The van der Waals surface area contributed by atoms with Crippen molar-refractivity contribution in [3.05, 3.63) is 60.0 Å². The fourth-order valence-corrected chi connectivity index (χ4v) is 3.50. The van der Waals surface area contributed by atoms with Crippen LogP contribution in [0.1, 0.15) is 42.2 Å². The minimum absolute atomic E-state index is 0.153. The molecule has 1 aliphatic carbocycles. The molecule has 1 fully saturated rings. The first-order valence-electron chi connectivity index (χ1n) is 8.92. The zero-order chi connectivity index (χ0) is 18.6. The highest BCUT2D eigenvalue weighted by Gasteiger charge is 2.24. The number of aromatic nitrogens is 5. The molecule has 4 rings (SSSR count). The van der Waals surface area contributed by atoms with E-state index in [9.17, 15) is 4.79 Å². The number of nitrogens with one attached hydrogen (secondary N) is 1. The summed E-state index contributed by atoms with van der Waals surface area (Å²) in [5.74, 6) is -0.153. The number of amides is 1. The van der Waals surface area contributed by atoms with Crippen LogP contribution >= 0.6 is 11.6 Å². The van der Waals surface area contributed by atoms with E-state index < -0.39 is 0 Å². The average Bonchev–Trinajstić information content (AvgIpc) is 3.20. The first kappa shape index (κ1) is 17.6. The largest absolute Gasteiger partial charge is 0.348 e. The van der Waals surface area contributed by atoms with Crippen LogP contribution in [0.3, 0.4) is 0 Å². The monoisotopic (exact) mass is 382 g/mol. The van der Waals surface area contributed by atoms with Gasteiger partial charge in [0.1, 0.15) is 12.0 Å². The van der Waals surface area contributed by atoms with Crippen molar-refractivity contribution < 1.29 is 4.79 Å². The lowest BCUT2D eigenvalue weighted by Crippen LogP contribution is -2.38. The predicted octanol–water partition coefficient (Wildman–Crippen LogP) is 3.30. The molecule has 1 saturated carbocycles. The Morgan fingerprint density at radius 3 is 2.67 bits per heavy atom. The van der Waals surface area contributed by atoms with E-state index in [4.69, 9.17) is 11.6 Å². The first-order chi connectivity index (χ1) is 13.2. The average molecular weight is 383 g/mol. The van der Waals surface area contributed by atoms with Crippen molar-refractivity contribution in [2.24, 2.45) is 0 Å². The van der Waals surface area contributed by atoms with E-state index >= 15 is 0 Å². The summed E-state index contributed by atoms with van der Waals surface area (Å²) in [5.41, 5.74) is 2.25. The van der Waals surface area contributed by atoms with Gasteiger partial charge in [0.15, 0.2) is 0 Å². The van der Waals surface area contributed by atoms with Crippen LogP contribution in [0, 0.1) is 0 Å². The van der Waals surface area contributed by atoms with E-state index in [-0.39, 0.29) is 11.9 Å². The van der Waals surface area contributed by atoms with Gasteiger partial charge in [-0.05, 0) is 43.9 Å². The van der Waals surface area contributed by atoms with Crippen molar-refractivity contribution in [2.45, 2.75) is 37.8 Å². The number of pyridine rings is 1. The molecule has 0 bridgehead atoms. The Hall–Kier alpha value is -2.80. The normalized spacial score (nSPS) is 19.6. The number of carbonyl (C=O) groups excluding carboxylic acids is 1. The van der Waals surface area contributed by atoms with Crippen molar-refractivity contribution in [3.63, 3.8) is 0 Å². The van der Waals surface area contributed by atoms with E-state index in [0.29, 0.717) is 16.8 Å². The third-order valence-corrected chi connectivity index (χ3v) is 5.07. The highest BCUT2D eigenvalue weighted by Crippen LogP contribution is 2.29. The van der Waals surface area contributed by atoms with Gasteiger partial charge in [-0.3, -0.25) is 9.48 Å². The second-order valence-electron chi connectivity index (χ2n) is 6.64. The molecule has 3 heterocycles. The van der Waals surface area contributed by atoms with Gasteiger partial charge in [-0.25, -0.2) is 15.0 Å². The van der Waals surface area contributed by atoms with E-state index in [2.05, 4.69) is 25.4 Å². The van der Waals surface area contributed by atoms with Gasteiger partial charge in [-0.1, -0.05) is 11.6 Å². The van der Waals surface area contributed by atoms with Crippen LogP contribution < -0.4 is 5.32 Å². The Labute approximate surface area is 161 Å². The van der Waals surface area contributed by atoms with Gasteiger partial charge in [-0.2, -0.15) is 5.10 Å². The maximum Gasteiger partial charge on any atom is 0.270 e. The summed E-state index contributed by atoms with van der Waals surface area (Å²) in [6, 6.07) is 5.68. The van der Waals surface area contributed by atoms with E-state index in [1.807, 2.05) is 23.1 Å². The van der Waals surface area contributed by atoms with Gasteiger partial charge >= 0.3 is 0 Å². The van der Waals surface area contributed by atoms with Crippen LogP contribution in [0.2, 0.25) is 5.02 Å². The van der Waals surface area contributed by atoms with Gasteiger partial charge in [0.2, 0.25) is 0 Å². The highest BCUT2D eigenvalue weighted by molar-refractivity contribution is 6.30. The summed E-state index contributed by atoms with van der Waals surface area (Å²) in [7, 11) is 0. The molecule has 0 aliphatic heterocycles. The van der Waals surface area contributed by atoms with E-state index in [1.54, 1.807) is 18.3 Å². The minimum atomic E-state index is -0.153. The quantitative estimate of drug-likeness (QED) is 0.748. The molecule has 27 heavy (non-hydrogen) atoms. The molecule has 3 aromatic rings. The Balaban J connectivity index is 1.33. The molecular formula is C19H19ClN6O. The van der Waals surface area contributed by atoms with E-state index in [0.717, 1.165) is 36.9 Å². The molecular weight excluding hydrogens is 364 g/mol. The molecule has 1 amide bonds. The van der Waals surface area contributed by atoms with Crippen LogP contribution in [0.25, 0.3) is 11.3 Å². The van der Waals surface area contributed by atoms with Crippen molar-refractivity contribution >= 4 is 17.5 Å². The SMILES string of the molecule is O=C(NC1CCC(n2cc(-c3ccncn3)cn2)CC1)c1ccc(Cl)cn1. The molecule has 1 N–H and O–H groups in total. The number of hydrogen-bond donors (Lipinski definition) is 1. The third kappa shape index (κ3) is 4.14. The Morgan fingerprint density at radius 2 is 1.96 bits per heavy atom. The summed E-state index contributed by atoms with van der Waals surface area (Å²) >= 11 is 5.81. The zero-order valence-electron chi connectivity index (χ0n) is 14.6. The molecule has 0 saturated heterocycles. The molecule has 0 spiro atoms. The molecule has 0 radical (unpaired) electrons. The Morgan fingerprint density at radius 1 is 1.11 bits per heavy atom. The lowest BCUT2D eigenvalue weighted by molar-refractivity contribution is 0.0916. The van der Waals surface area contributed by atoms with Crippen LogP contribution in [-0.4, -0.2) is 36.7 Å². The summed E-state index contributed by atoms with van der Waals surface area (Å²) in [6.45, 7) is 0. The topological polar surface area (TPSA) is 85.6 Å². The van der Waals surface area contributed by atoms with Crippen molar-refractivity contribution in [1.82, 2.24) is 30.0 Å². The second kappa shape index (κ2) is 7.84. The van der Waals surface area contributed by atoms with Gasteiger partial charge in [-0.15, -0.1) is 0 Å². The predicted molar refractivity (Wildman–Crippen MR) is 101 cm³/mol. The molecule has 7 nitrogen and oxygen atoms in total. The number of nitrogens with zero attached hydrogens (tertiary/aromatic N) is 5. The number of carbonyl (C=O) groups is 1. The summed E-state index contributed by atoms with van der Waals surface area (Å²) < 4.78 is 2.01. The second-order valence-corrected chi connectivity index (χ2v) is 7.08. The van der Waals surface area contributed by atoms with Crippen molar-refractivity contribution in [2.75, 3.05) is 0 Å². The van der Waals surface area contributed by atoms with E-state index in [1.165, 1.54) is 12.5 Å². The van der Waals surface area contributed by atoms with Crippen molar-refractivity contribution in [1.29, 1.82) is 0 Å². The third-order valence-electron chi connectivity index (χ3n) is 4.85. The van der Waals surface area contributed by atoms with Gasteiger partial charge in [0.25, 0.3) is 5.91 Å². The van der Waals surface area contributed by atoms with Gasteiger partial charge in [0, 0.05) is 30.2 Å². The lowest BCUT2D eigenvalue weighted by atomic mass is 9.91.